The Labute approximate surface area is 141 Å². The van der Waals surface area contributed by atoms with Crippen molar-refractivity contribution in [3.05, 3.63) is 54.2 Å². The number of rotatable bonds is 4. The highest BCUT2D eigenvalue weighted by Crippen LogP contribution is 2.16. The summed E-state index contributed by atoms with van der Waals surface area (Å²) in [6.45, 7) is 3.16. The number of piperazine rings is 1. The van der Waals surface area contributed by atoms with E-state index in [0.29, 0.717) is 24.4 Å². The van der Waals surface area contributed by atoms with Crippen molar-refractivity contribution >= 4 is 11.7 Å². The highest BCUT2D eigenvalue weighted by Gasteiger charge is 2.22. The summed E-state index contributed by atoms with van der Waals surface area (Å²) in [5, 5.41) is 0. The van der Waals surface area contributed by atoms with E-state index in [2.05, 4.69) is 15.8 Å². The second-order valence-corrected chi connectivity index (χ2v) is 5.48. The number of carbonyl (C=O) groups excluding carboxylic acids is 1. The first kappa shape index (κ1) is 15.9. The van der Waals surface area contributed by atoms with Gasteiger partial charge in [-0.2, -0.15) is 0 Å². The zero-order valence-electron chi connectivity index (χ0n) is 13.4. The number of ether oxygens (including phenoxy) is 1. The quantitative estimate of drug-likeness (QED) is 0.809. The van der Waals surface area contributed by atoms with E-state index in [0.717, 1.165) is 18.9 Å². The van der Waals surface area contributed by atoms with Gasteiger partial charge in [-0.05, 0) is 36.4 Å². The zero-order valence-corrected chi connectivity index (χ0v) is 13.4. The fourth-order valence-corrected chi connectivity index (χ4v) is 2.68. The van der Waals surface area contributed by atoms with Crippen molar-refractivity contribution in [3.8, 4) is 18.1 Å². The first-order chi connectivity index (χ1) is 11.8. The molecule has 0 N–H and O–H groups in total. The van der Waals surface area contributed by atoms with Crippen LogP contribution in [-0.2, 0) is 0 Å². The van der Waals surface area contributed by atoms with E-state index in [1.165, 1.54) is 0 Å². The second kappa shape index (κ2) is 7.51. The standard InChI is InChI=1S/C19H19N3O2/c1-2-15-24-17-8-6-16(7-9-17)19(23)22-13-11-21(12-14-22)18-5-3-4-10-20-18/h1,3-10H,11-15H2. The maximum Gasteiger partial charge on any atom is 0.253 e. The van der Waals surface area contributed by atoms with Crippen molar-refractivity contribution in [2.24, 2.45) is 0 Å². The van der Waals surface area contributed by atoms with Crippen LogP contribution in [0, 0.1) is 12.3 Å². The molecule has 24 heavy (non-hydrogen) atoms. The molecule has 1 amide bonds. The van der Waals surface area contributed by atoms with Gasteiger partial charge >= 0.3 is 0 Å². The maximum absolute atomic E-state index is 12.6. The Hall–Kier alpha value is -3.00. The van der Waals surface area contributed by atoms with Crippen molar-refractivity contribution in [1.29, 1.82) is 0 Å². The van der Waals surface area contributed by atoms with Gasteiger partial charge in [0.15, 0.2) is 0 Å². The lowest BCUT2D eigenvalue weighted by Crippen LogP contribution is -2.49. The molecular weight excluding hydrogens is 302 g/mol. The van der Waals surface area contributed by atoms with Crippen molar-refractivity contribution in [3.63, 3.8) is 0 Å². The summed E-state index contributed by atoms with van der Waals surface area (Å²) in [4.78, 5) is 21.0. The average molecular weight is 321 g/mol. The van der Waals surface area contributed by atoms with Gasteiger partial charge in [0.1, 0.15) is 18.2 Å². The summed E-state index contributed by atoms with van der Waals surface area (Å²) in [7, 11) is 0. The van der Waals surface area contributed by atoms with Crippen LogP contribution in [0.2, 0.25) is 0 Å². The molecule has 0 unspecified atom stereocenters. The fourth-order valence-electron chi connectivity index (χ4n) is 2.68. The maximum atomic E-state index is 12.6. The molecule has 1 aliphatic heterocycles. The molecule has 122 valence electrons. The fraction of sp³-hybridized carbons (Fsp3) is 0.263. The van der Waals surface area contributed by atoms with Gasteiger partial charge in [-0.1, -0.05) is 12.0 Å². The SMILES string of the molecule is C#CCOc1ccc(C(=O)N2CCN(c3ccccn3)CC2)cc1. The Balaban J connectivity index is 1.58. The van der Waals surface area contributed by atoms with Gasteiger partial charge in [0.05, 0.1) is 0 Å². The molecule has 0 radical (unpaired) electrons. The predicted octanol–water partition coefficient (Wildman–Crippen LogP) is 2.06. The number of pyridine rings is 1. The molecular formula is C19H19N3O2. The van der Waals surface area contributed by atoms with Crippen molar-refractivity contribution in [2.75, 3.05) is 37.7 Å². The normalized spacial score (nSPS) is 14.1. The molecule has 2 heterocycles. The molecule has 1 aliphatic rings. The van der Waals surface area contributed by atoms with E-state index in [1.54, 1.807) is 30.5 Å². The van der Waals surface area contributed by atoms with Gasteiger partial charge in [-0.25, -0.2) is 4.98 Å². The molecule has 1 fully saturated rings. The number of amides is 1. The minimum atomic E-state index is 0.0409. The molecule has 0 aliphatic carbocycles. The molecule has 0 bridgehead atoms. The number of hydrogen-bond donors (Lipinski definition) is 0. The van der Waals surface area contributed by atoms with Crippen molar-refractivity contribution in [2.45, 2.75) is 0 Å². The summed E-state index contributed by atoms with van der Waals surface area (Å²) in [5.74, 6) is 4.09. The smallest absolute Gasteiger partial charge is 0.253 e. The van der Waals surface area contributed by atoms with E-state index >= 15 is 0 Å². The van der Waals surface area contributed by atoms with Crippen LogP contribution in [-0.4, -0.2) is 48.6 Å². The molecule has 1 saturated heterocycles. The molecule has 0 atom stereocenters. The number of hydrogen-bond acceptors (Lipinski definition) is 4. The van der Waals surface area contributed by atoms with Gasteiger partial charge in [0.25, 0.3) is 5.91 Å². The molecule has 0 spiro atoms. The summed E-state index contributed by atoms with van der Waals surface area (Å²) in [6.07, 6.45) is 6.95. The predicted molar refractivity (Wildman–Crippen MR) is 93.1 cm³/mol. The van der Waals surface area contributed by atoms with Crippen LogP contribution in [0.5, 0.6) is 5.75 Å². The number of anilines is 1. The molecule has 5 heteroatoms. The number of carbonyl (C=O) groups is 1. The topological polar surface area (TPSA) is 45.7 Å². The van der Waals surface area contributed by atoms with E-state index in [-0.39, 0.29) is 12.5 Å². The Morgan fingerprint density at radius 1 is 1.12 bits per heavy atom. The second-order valence-electron chi connectivity index (χ2n) is 5.48. The van der Waals surface area contributed by atoms with Gasteiger partial charge < -0.3 is 14.5 Å². The third kappa shape index (κ3) is 3.66. The lowest BCUT2D eigenvalue weighted by Gasteiger charge is -2.35. The Morgan fingerprint density at radius 3 is 2.50 bits per heavy atom. The highest BCUT2D eigenvalue weighted by atomic mass is 16.5. The third-order valence-corrected chi connectivity index (χ3v) is 3.96. The lowest BCUT2D eigenvalue weighted by atomic mass is 10.1. The van der Waals surface area contributed by atoms with Crippen LogP contribution in [0.3, 0.4) is 0 Å². The van der Waals surface area contributed by atoms with Crippen molar-refractivity contribution < 1.29 is 9.53 Å². The van der Waals surface area contributed by atoms with E-state index < -0.39 is 0 Å². The van der Waals surface area contributed by atoms with Crippen LogP contribution in [0.1, 0.15) is 10.4 Å². The largest absolute Gasteiger partial charge is 0.481 e. The molecule has 0 saturated carbocycles. The summed E-state index contributed by atoms with van der Waals surface area (Å²) < 4.78 is 5.32. The van der Waals surface area contributed by atoms with Crippen molar-refractivity contribution in [1.82, 2.24) is 9.88 Å². The Morgan fingerprint density at radius 2 is 1.88 bits per heavy atom. The van der Waals surface area contributed by atoms with Crippen LogP contribution < -0.4 is 9.64 Å². The summed E-state index contributed by atoms with van der Waals surface area (Å²) >= 11 is 0. The highest BCUT2D eigenvalue weighted by molar-refractivity contribution is 5.94. The van der Waals surface area contributed by atoms with Gasteiger partial charge in [-0.3, -0.25) is 4.79 Å². The first-order valence-corrected chi connectivity index (χ1v) is 7.89. The summed E-state index contributed by atoms with van der Waals surface area (Å²) in [5.41, 5.74) is 0.661. The van der Waals surface area contributed by atoms with Gasteiger partial charge in [0, 0.05) is 37.9 Å². The van der Waals surface area contributed by atoms with E-state index in [4.69, 9.17) is 11.2 Å². The van der Waals surface area contributed by atoms with Crippen LogP contribution >= 0.6 is 0 Å². The monoisotopic (exact) mass is 321 g/mol. The van der Waals surface area contributed by atoms with Crippen LogP contribution in [0.4, 0.5) is 5.82 Å². The minimum Gasteiger partial charge on any atom is -0.481 e. The van der Waals surface area contributed by atoms with Crippen LogP contribution in [0.25, 0.3) is 0 Å². The third-order valence-electron chi connectivity index (χ3n) is 3.96. The molecule has 1 aromatic carbocycles. The Kier molecular flexibility index (Phi) is 4.97. The van der Waals surface area contributed by atoms with Crippen LogP contribution in [0.15, 0.2) is 48.7 Å². The van der Waals surface area contributed by atoms with Gasteiger partial charge in [0.2, 0.25) is 0 Å². The zero-order chi connectivity index (χ0) is 16.8. The number of benzene rings is 1. The number of terminal acetylenes is 1. The van der Waals surface area contributed by atoms with Gasteiger partial charge in [-0.15, -0.1) is 6.42 Å². The van der Waals surface area contributed by atoms with E-state index in [1.807, 2.05) is 23.1 Å². The molecule has 1 aromatic heterocycles. The molecule has 3 rings (SSSR count). The first-order valence-electron chi connectivity index (χ1n) is 7.89. The summed E-state index contributed by atoms with van der Waals surface area (Å²) in [6, 6.07) is 13.0. The number of aromatic nitrogens is 1. The number of nitrogens with zero attached hydrogens (tertiary/aromatic N) is 3. The molecule has 5 nitrogen and oxygen atoms in total. The average Bonchev–Trinajstić information content (AvgIpc) is 2.67. The lowest BCUT2D eigenvalue weighted by molar-refractivity contribution is 0.0746. The minimum absolute atomic E-state index is 0.0409. The van der Waals surface area contributed by atoms with E-state index in [9.17, 15) is 4.79 Å². The molecule has 2 aromatic rings. The Bertz CT molecular complexity index is 715.